The highest BCUT2D eigenvalue weighted by atomic mass is 35.5. The van der Waals surface area contributed by atoms with Crippen molar-refractivity contribution in [3.63, 3.8) is 0 Å². The van der Waals surface area contributed by atoms with E-state index in [0.717, 1.165) is 35.8 Å². The van der Waals surface area contributed by atoms with Crippen molar-refractivity contribution in [3.8, 4) is 11.4 Å². The van der Waals surface area contributed by atoms with Gasteiger partial charge < -0.3 is 9.47 Å². The smallest absolute Gasteiger partial charge is 0.202 e. The van der Waals surface area contributed by atoms with Crippen LogP contribution in [-0.2, 0) is 20.1 Å². The third-order valence-corrected chi connectivity index (χ3v) is 6.85. The van der Waals surface area contributed by atoms with Crippen LogP contribution in [0.4, 0.5) is 0 Å². The summed E-state index contributed by atoms with van der Waals surface area (Å²) in [5, 5.41) is 7.68. The number of fused-ring (bicyclic) bond motifs is 1. The second-order valence-electron chi connectivity index (χ2n) is 6.48. The molecule has 7 heteroatoms. The second kappa shape index (κ2) is 6.68. The first-order valence-electron chi connectivity index (χ1n) is 8.36. The Hall–Kier alpha value is -1.47. The Morgan fingerprint density at radius 3 is 2.96 bits per heavy atom. The SMILES string of the molecule is C[C@H]1c2ccsc2CC[NH+]1Cn1nc(-c2ccccc2Cl)n(C)c1=S. The van der Waals surface area contributed by atoms with Gasteiger partial charge in [-0.1, -0.05) is 23.7 Å². The minimum absolute atomic E-state index is 0.461. The molecule has 3 aromatic rings. The van der Waals surface area contributed by atoms with Gasteiger partial charge in [0.1, 0.15) is 6.04 Å². The number of quaternary nitrogens is 1. The van der Waals surface area contributed by atoms with Gasteiger partial charge in [-0.3, -0.25) is 0 Å². The van der Waals surface area contributed by atoms with Gasteiger partial charge in [-0.25, -0.2) is 0 Å². The summed E-state index contributed by atoms with van der Waals surface area (Å²) in [6, 6.07) is 10.5. The molecule has 4 nitrogen and oxygen atoms in total. The molecular weight excluding hydrogens is 372 g/mol. The van der Waals surface area contributed by atoms with Crippen LogP contribution in [-0.4, -0.2) is 20.9 Å². The molecular formula is C18H20ClN4S2+. The maximum absolute atomic E-state index is 6.35. The molecule has 3 heterocycles. The molecule has 1 aliphatic heterocycles. The van der Waals surface area contributed by atoms with Crippen molar-refractivity contribution in [1.29, 1.82) is 0 Å². The minimum Gasteiger partial charge on any atom is -0.310 e. The van der Waals surface area contributed by atoms with Crippen molar-refractivity contribution < 1.29 is 4.90 Å². The first kappa shape index (κ1) is 17.0. The molecule has 130 valence electrons. The topological polar surface area (TPSA) is 27.2 Å². The quantitative estimate of drug-likeness (QED) is 0.692. The maximum atomic E-state index is 6.35. The van der Waals surface area contributed by atoms with Crippen LogP contribution in [0.1, 0.15) is 23.4 Å². The molecule has 0 saturated carbocycles. The molecule has 0 spiro atoms. The molecule has 1 unspecified atom stereocenters. The molecule has 4 rings (SSSR count). The molecule has 0 radical (unpaired) electrons. The molecule has 1 aromatic carbocycles. The number of halogens is 1. The average molecular weight is 392 g/mol. The van der Waals surface area contributed by atoms with Gasteiger partial charge in [-0.15, -0.1) is 16.4 Å². The van der Waals surface area contributed by atoms with Crippen LogP contribution < -0.4 is 4.90 Å². The first-order valence-corrected chi connectivity index (χ1v) is 10.0. The van der Waals surface area contributed by atoms with Crippen molar-refractivity contribution in [2.45, 2.75) is 26.1 Å². The molecule has 2 aromatic heterocycles. The van der Waals surface area contributed by atoms with Crippen LogP contribution in [0, 0.1) is 4.77 Å². The van der Waals surface area contributed by atoms with E-state index in [0.29, 0.717) is 11.1 Å². The molecule has 1 aliphatic rings. The Labute approximate surface area is 161 Å². The lowest BCUT2D eigenvalue weighted by Gasteiger charge is -2.30. The lowest BCUT2D eigenvalue weighted by Crippen LogP contribution is -3.12. The van der Waals surface area contributed by atoms with Gasteiger partial charge in [-0.2, -0.15) is 4.68 Å². The summed E-state index contributed by atoms with van der Waals surface area (Å²) >= 11 is 13.9. The summed E-state index contributed by atoms with van der Waals surface area (Å²) in [6.45, 7) is 4.17. The van der Waals surface area contributed by atoms with Crippen molar-refractivity contribution in [2.24, 2.45) is 7.05 Å². The lowest BCUT2D eigenvalue weighted by atomic mass is 10.0. The minimum atomic E-state index is 0.461. The number of aromatic nitrogens is 3. The third kappa shape index (κ3) is 2.97. The summed E-state index contributed by atoms with van der Waals surface area (Å²) in [7, 11) is 1.95. The zero-order chi connectivity index (χ0) is 17.6. The number of nitrogens with zero attached hydrogens (tertiary/aromatic N) is 3. The van der Waals surface area contributed by atoms with E-state index in [2.05, 4.69) is 18.4 Å². The fraction of sp³-hybridized carbons (Fsp3) is 0.333. The summed E-state index contributed by atoms with van der Waals surface area (Å²) < 4.78 is 4.61. The molecule has 25 heavy (non-hydrogen) atoms. The fourth-order valence-corrected chi connectivity index (χ4v) is 4.92. The standard InChI is InChI=1S/C18H19ClN4S2/c1-12-13-8-10-25-16(13)7-9-22(12)11-23-18(24)21(2)17(20-23)14-5-3-4-6-15(14)19/h3-6,8,10,12H,7,9,11H2,1-2H3/p+1/t12-/m0/s1. The van der Waals surface area contributed by atoms with Gasteiger partial charge in [0.15, 0.2) is 12.5 Å². The fourth-order valence-electron chi connectivity index (χ4n) is 3.53. The predicted molar refractivity (Wildman–Crippen MR) is 105 cm³/mol. The largest absolute Gasteiger partial charge is 0.310 e. The Kier molecular flexibility index (Phi) is 4.54. The Morgan fingerprint density at radius 1 is 1.36 bits per heavy atom. The second-order valence-corrected chi connectivity index (χ2v) is 8.25. The summed E-state index contributed by atoms with van der Waals surface area (Å²) in [6.07, 6.45) is 1.13. The van der Waals surface area contributed by atoms with Crippen molar-refractivity contribution >= 4 is 35.2 Å². The van der Waals surface area contributed by atoms with E-state index in [-0.39, 0.29) is 0 Å². The predicted octanol–water partition coefficient (Wildman–Crippen LogP) is 3.49. The molecule has 1 N–H and O–H groups in total. The van der Waals surface area contributed by atoms with Crippen LogP contribution in [0.15, 0.2) is 35.7 Å². The van der Waals surface area contributed by atoms with Crippen LogP contribution >= 0.6 is 35.2 Å². The van der Waals surface area contributed by atoms with E-state index in [4.69, 9.17) is 28.9 Å². The van der Waals surface area contributed by atoms with Gasteiger partial charge in [0, 0.05) is 29.5 Å². The zero-order valence-electron chi connectivity index (χ0n) is 14.2. The van der Waals surface area contributed by atoms with E-state index < -0.39 is 0 Å². The van der Waals surface area contributed by atoms with E-state index in [1.807, 2.05) is 51.9 Å². The maximum Gasteiger partial charge on any atom is 0.202 e. The number of thiophene rings is 1. The van der Waals surface area contributed by atoms with Crippen molar-refractivity contribution in [3.05, 3.63) is 55.9 Å². The molecule has 0 amide bonds. The third-order valence-electron chi connectivity index (χ3n) is 5.04. The number of rotatable bonds is 3. The monoisotopic (exact) mass is 391 g/mol. The van der Waals surface area contributed by atoms with Gasteiger partial charge in [0.25, 0.3) is 0 Å². The highest BCUT2D eigenvalue weighted by molar-refractivity contribution is 7.71. The van der Waals surface area contributed by atoms with Gasteiger partial charge in [0.05, 0.1) is 11.6 Å². The van der Waals surface area contributed by atoms with E-state index in [1.54, 1.807) is 0 Å². The number of hydrogen-bond donors (Lipinski definition) is 1. The Balaban J connectivity index is 1.66. The normalized spacial score (nSPS) is 19.8. The highest BCUT2D eigenvalue weighted by Gasteiger charge is 2.29. The van der Waals surface area contributed by atoms with E-state index >= 15 is 0 Å². The molecule has 0 bridgehead atoms. The van der Waals surface area contributed by atoms with Crippen LogP contribution in [0.25, 0.3) is 11.4 Å². The number of nitrogens with one attached hydrogen (secondary N) is 1. The van der Waals surface area contributed by atoms with E-state index in [9.17, 15) is 0 Å². The van der Waals surface area contributed by atoms with Crippen molar-refractivity contribution in [1.82, 2.24) is 14.3 Å². The average Bonchev–Trinajstić information content (AvgIpc) is 3.19. The van der Waals surface area contributed by atoms with Crippen LogP contribution in [0.5, 0.6) is 0 Å². The van der Waals surface area contributed by atoms with Gasteiger partial charge in [0.2, 0.25) is 4.77 Å². The van der Waals surface area contributed by atoms with Gasteiger partial charge in [-0.05, 0) is 42.7 Å². The molecule has 0 fully saturated rings. The van der Waals surface area contributed by atoms with Crippen LogP contribution in [0.3, 0.4) is 0 Å². The molecule has 2 atom stereocenters. The van der Waals surface area contributed by atoms with Crippen molar-refractivity contribution in [2.75, 3.05) is 6.54 Å². The Bertz CT molecular complexity index is 972. The summed E-state index contributed by atoms with van der Waals surface area (Å²) in [4.78, 5) is 3.02. The number of hydrogen-bond acceptors (Lipinski definition) is 3. The zero-order valence-corrected chi connectivity index (χ0v) is 16.6. The highest BCUT2D eigenvalue weighted by Crippen LogP contribution is 2.26. The Morgan fingerprint density at radius 2 is 2.16 bits per heavy atom. The molecule has 0 saturated heterocycles. The molecule has 0 aliphatic carbocycles. The van der Waals surface area contributed by atoms with Gasteiger partial charge >= 0.3 is 0 Å². The van der Waals surface area contributed by atoms with Crippen LogP contribution in [0.2, 0.25) is 5.02 Å². The summed E-state index contributed by atoms with van der Waals surface area (Å²) in [5.74, 6) is 0.816. The first-order chi connectivity index (χ1) is 12.1. The summed E-state index contributed by atoms with van der Waals surface area (Å²) in [5.41, 5.74) is 2.39. The van der Waals surface area contributed by atoms with E-state index in [1.165, 1.54) is 15.3 Å². The lowest BCUT2D eigenvalue weighted by molar-refractivity contribution is -0.954. The number of benzene rings is 1.